The average molecular weight is 183 g/mol. The number of hydrogen-bond acceptors (Lipinski definition) is 3. The third-order valence-corrected chi connectivity index (χ3v) is 3.30. The minimum atomic E-state index is 0.106. The zero-order valence-electron chi connectivity index (χ0n) is 7.17. The monoisotopic (exact) mass is 183 g/mol. The Morgan fingerprint density at radius 2 is 2.58 bits per heavy atom. The quantitative estimate of drug-likeness (QED) is 0.721. The van der Waals surface area contributed by atoms with E-state index in [-0.39, 0.29) is 6.04 Å². The van der Waals surface area contributed by atoms with Crippen LogP contribution in [-0.2, 0) is 17.8 Å². The summed E-state index contributed by atoms with van der Waals surface area (Å²) in [6.07, 6.45) is 1.08. The van der Waals surface area contributed by atoms with Gasteiger partial charge in [-0.25, -0.2) is 0 Å². The molecule has 0 saturated heterocycles. The molecule has 2 nitrogen and oxygen atoms in total. The molecule has 0 fully saturated rings. The molecule has 0 radical (unpaired) electrons. The second kappa shape index (κ2) is 3.17. The highest BCUT2D eigenvalue weighted by atomic mass is 32.1. The topological polar surface area (TPSA) is 35.2 Å². The van der Waals surface area contributed by atoms with Crippen molar-refractivity contribution in [2.45, 2.75) is 26.0 Å². The van der Waals surface area contributed by atoms with Gasteiger partial charge in [0.25, 0.3) is 0 Å². The molecule has 0 spiro atoms. The maximum Gasteiger partial charge on any atom is 0.0813 e. The summed E-state index contributed by atoms with van der Waals surface area (Å²) in [5, 5.41) is 2.21. The molecule has 2 heterocycles. The van der Waals surface area contributed by atoms with Crippen molar-refractivity contribution in [3.63, 3.8) is 0 Å². The van der Waals surface area contributed by atoms with Gasteiger partial charge < -0.3 is 10.5 Å². The first-order valence-corrected chi connectivity index (χ1v) is 5.13. The molecular formula is C9H13NOS. The molecule has 1 unspecified atom stereocenters. The lowest BCUT2D eigenvalue weighted by Gasteiger charge is -2.20. The van der Waals surface area contributed by atoms with E-state index in [0.29, 0.717) is 6.61 Å². The lowest BCUT2D eigenvalue weighted by Crippen LogP contribution is -2.23. The van der Waals surface area contributed by atoms with Crippen LogP contribution in [-0.4, -0.2) is 6.61 Å². The molecule has 1 aromatic rings. The van der Waals surface area contributed by atoms with Gasteiger partial charge in [-0.15, -0.1) is 11.3 Å². The summed E-state index contributed by atoms with van der Waals surface area (Å²) in [5.41, 5.74) is 8.71. The van der Waals surface area contributed by atoms with Crippen molar-refractivity contribution in [1.82, 2.24) is 0 Å². The van der Waals surface area contributed by atoms with E-state index in [0.717, 1.165) is 13.0 Å². The van der Waals surface area contributed by atoms with Crippen molar-refractivity contribution < 1.29 is 4.74 Å². The number of hydrogen-bond donors (Lipinski definition) is 1. The van der Waals surface area contributed by atoms with Crippen molar-refractivity contribution in [2.75, 3.05) is 6.61 Å². The van der Waals surface area contributed by atoms with Crippen LogP contribution in [0.15, 0.2) is 5.38 Å². The molecule has 3 heteroatoms. The minimum Gasteiger partial charge on any atom is -0.374 e. The maximum absolute atomic E-state index is 5.95. The molecule has 0 aliphatic carbocycles. The van der Waals surface area contributed by atoms with Crippen molar-refractivity contribution in [3.8, 4) is 0 Å². The van der Waals surface area contributed by atoms with E-state index in [1.807, 2.05) is 0 Å². The predicted molar refractivity (Wildman–Crippen MR) is 50.3 cm³/mol. The Kier molecular flexibility index (Phi) is 2.17. The summed E-state index contributed by atoms with van der Waals surface area (Å²) in [6.45, 7) is 3.61. The van der Waals surface area contributed by atoms with E-state index in [1.165, 1.54) is 16.0 Å². The predicted octanol–water partition coefficient (Wildman–Crippen LogP) is 1.84. The van der Waals surface area contributed by atoms with Crippen LogP contribution in [0.25, 0.3) is 0 Å². The van der Waals surface area contributed by atoms with Gasteiger partial charge in [-0.1, -0.05) is 6.92 Å². The Balaban J connectivity index is 2.43. The highest BCUT2D eigenvalue weighted by Crippen LogP contribution is 2.31. The van der Waals surface area contributed by atoms with E-state index in [4.69, 9.17) is 10.5 Å². The number of nitrogens with two attached hydrogens (primary N) is 1. The maximum atomic E-state index is 5.95. The summed E-state index contributed by atoms with van der Waals surface area (Å²) < 4.78 is 5.35. The first-order valence-electron chi connectivity index (χ1n) is 4.25. The van der Waals surface area contributed by atoms with Gasteiger partial charge in [0.1, 0.15) is 0 Å². The fourth-order valence-corrected chi connectivity index (χ4v) is 2.78. The largest absolute Gasteiger partial charge is 0.374 e. The molecule has 66 valence electrons. The summed E-state index contributed by atoms with van der Waals surface area (Å²) in [6, 6.07) is 0.106. The van der Waals surface area contributed by atoms with E-state index in [2.05, 4.69) is 12.3 Å². The second-order valence-corrected chi connectivity index (χ2v) is 4.04. The van der Waals surface area contributed by atoms with Crippen LogP contribution in [0.5, 0.6) is 0 Å². The zero-order valence-corrected chi connectivity index (χ0v) is 7.99. The number of thiophene rings is 1. The molecule has 1 atom stereocenters. The molecule has 1 aliphatic rings. The Morgan fingerprint density at radius 3 is 3.33 bits per heavy atom. The van der Waals surface area contributed by atoms with E-state index >= 15 is 0 Å². The minimum absolute atomic E-state index is 0.106. The Hall–Kier alpha value is -0.380. The summed E-state index contributed by atoms with van der Waals surface area (Å²) >= 11 is 1.78. The second-order valence-electron chi connectivity index (χ2n) is 3.07. The highest BCUT2D eigenvalue weighted by Gasteiger charge is 2.21. The van der Waals surface area contributed by atoms with Crippen LogP contribution < -0.4 is 5.73 Å². The molecule has 2 rings (SSSR count). The van der Waals surface area contributed by atoms with Gasteiger partial charge in [0.15, 0.2) is 0 Å². The molecule has 0 aromatic carbocycles. The molecule has 1 aliphatic heterocycles. The number of ether oxygens (including phenoxy) is 1. The van der Waals surface area contributed by atoms with E-state index < -0.39 is 0 Å². The van der Waals surface area contributed by atoms with Gasteiger partial charge in [-0.05, 0) is 22.9 Å². The molecule has 0 saturated carbocycles. The smallest absolute Gasteiger partial charge is 0.0813 e. The molecule has 0 bridgehead atoms. The summed E-state index contributed by atoms with van der Waals surface area (Å²) in [7, 11) is 0. The van der Waals surface area contributed by atoms with Crippen molar-refractivity contribution >= 4 is 11.3 Å². The molecule has 0 amide bonds. The van der Waals surface area contributed by atoms with Crippen LogP contribution in [0.2, 0.25) is 0 Å². The fraction of sp³-hybridized carbons (Fsp3) is 0.556. The van der Waals surface area contributed by atoms with E-state index in [1.54, 1.807) is 11.3 Å². The first-order chi connectivity index (χ1) is 5.83. The van der Waals surface area contributed by atoms with Gasteiger partial charge in [0.2, 0.25) is 0 Å². The molecule has 1 aromatic heterocycles. The first kappa shape index (κ1) is 8.23. The number of fused-ring (bicyclic) bond motifs is 1. The standard InChI is InChI=1S/C9H13NOS/c1-2-6-5-12-8-4-11-3-7(10)9(6)8/h5,7H,2-4,10H2,1H3. The number of aryl methyl sites for hydroxylation is 1. The van der Waals surface area contributed by atoms with Gasteiger partial charge in [0, 0.05) is 4.88 Å². The summed E-state index contributed by atoms with van der Waals surface area (Å²) in [4.78, 5) is 1.32. The van der Waals surface area contributed by atoms with Crippen LogP contribution >= 0.6 is 11.3 Å². The summed E-state index contributed by atoms with van der Waals surface area (Å²) in [5.74, 6) is 0. The Bertz CT molecular complexity index is 269. The molecule has 2 N–H and O–H groups in total. The van der Waals surface area contributed by atoms with Crippen molar-refractivity contribution in [2.24, 2.45) is 5.73 Å². The van der Waals surface area contributed by atoms with Crippen LogP contribution in [0.1, 0.15) is 29.0 Å². The molecule has 12 heavy (non-hydrogen) atoms. The average Bonchev–Trinajstić information content (AvgIpc) is 2.49. The third-order valence-electron chi connectivity index (χ3n) is 2.27. The van der Waals surface area contributed by atoms with Gasteiger partial charge >= 0.3 is 0 Å². The Labute approximate surface area is 76.3 Å². The molecular weight excluding hydrogens is 170 g/mol. The normalized spacial score (nSPS) is 22.3. The highest BCUT2D eigenvalue weighted by molar-refractivity contribution is 7.10. The lowest BCUT2D eigenvalue weighted by atomic mass is 10.0. The van der Waals surface area contributed by atoms with Crippen molar-refractivity contribution in [1.29, 1.82) is 0 Å². The SMILES string of the molecule is CCc1csc2c1C(N)COC2. The van der Waals surface area contributed by atoms with Crippen LogP contribution in [0, 0.1) is 0 Å². The van der Waals surface area contributed by atoms with Crippen LogP contribution in [0.3, 0.4) is 0 Å². The number of rotatable bonds is 1. The lowest BCUT2D eigenvalue weighted by molar-refractivity contribution is 0.0949. The van der Waals surface area contributed by atoms with Gasteiger partial charge in [0.05, 0.1) is 19.3 Å². The van der Waals surface area contributed by atoms with E-state index in [9.17, 15) is 0 Å². The zero-order chi connectivity index (χ0) is 8.55. The van der Waals surface area contributed by atoms with Crippen LogP contribution in [0.4, 0.5) is 0 Å². The third kappa shape index (κ3) is 1.18. The van der Waals surface area contributed by atoms with Gasteiger partial charge in [-0.2, -0.15) is 0 Å². The Morgan fingerprint density at radius 1 is 1.75 bits per heavy atom. The fourth-order valence-electron chi connectivity index (χ4n) is 1.64. The van der Waals surface area contributed by atoms with Gasteiger partial charge in [-0.3, -0.25) is 0 Å². The van der Waals surface area contributed by atoms with Crippen molar-refractivity contribution in [3.05, 3.63) is 21.4 Å².